The quantitative estimate of drug-likeness (QED) is 0.717. The van der Waals surface area contributed by atoms with Gasteiger partial charge >= 0.3 is 12.3 Å². The molecule has 1 heterocycles. The Morgan fingerprint density at radius 1 is 1.27 bits per heavy atom. The molecule has 0 amide bonds. The number of ether oxygens (including phenoxy) is 2. The monoisotopic (exact) mass is 213 g/mol. The van der Waals surface area contributed by atoms with Crippen molar-refractivity contribution >= 4 is 12.3 Å². The third-order valence-corrected chi connectivity index (χ3v) is 1.43. The normalized spacial score (nSPS) is 9.40. The van der Waals surface area contributed by atoms with Crippen LogP contribution in [0.5, 0.6) is 11.5 Å². The zero-order valence-electron chi connectivity index (χ0n) is 7.63. The van der Waals surface area contributed by atoms with Crippen molar-refractivity contribution in [2.45, 2.75) is 6.92 Å². The van der Waals surface area contributed by atoms with Crippen LogP contribution in [0.15, 0.2) is 12.3 Å². The third kappa shape index (κ3) is 2.83. The number of pyridine rings is 1. The average Bonchev–Trinajstić information content (AvgIpc) is 2.09. The number of hydrogen-bond donors (Lipinski definition) is 2. The minimum atomic E-state index is -1.57. The molecule has 0 spiro atoms. The maximum Gasteiger partial charge on any atom is 0.511 e. The van der Waals surface area contributed by atoms with Crippen LogP contribution in [0.1, 0.15) is 5.69 Å². The van der Waals surface area contributed by atoms with Crippen molar-refractivity contribution in [3.8, 4) is 11.5 Å². The van der Waals surface area contributed by atoms with E-state index in [4.69, 9.17) is 10.2 Å². The van der Waals surface area contributed by atoms with Gasteiger partial charge in [0.15, 0.2) is 11.5 Å². The number of hydrogen-bond acceptors (Lipinski definition) is 5. The lowest BCUT2D eigenvalue weighted by atomic mass is 10.3. The van der Waals surface area contributed by atoms with Gasteiger partial charge in [0.1, 0.15) is 0 Å². The van der Waals surface area contributed by atoms with Crippen LogP contribution < -0.4 is 9.47 Å². The SMILES string of the molecule is Cc1nccc(OC(=O)O)c1OC(=O)O. The summed E-state index contributed by atoms with van der Waals surface area (Å²) in [5.41, 5.74) is 0.219. The molecule has 0 aromatic carbocycles. The van der Waals surface area contributed by atoms with Gasteiger partial charge < -0.3 is 19.7 Å². The molecule has 1 aromatic heterocycles. The summed E-state index contributed by atoms with van der Waals surface area (Å²) < 4.78 is 8.66. The van der Waals surface area contributed by atoms with E-state index in [1.54, 1.807) is 0 Å². The summed E-state index contributed by atoms with van der Waals surface area (Å²) in [6, 6.07) is 1.19. The van der Waals surface area contributed by atoms with Crippen LogP contribution in [0.3, 0.4) is 0 Å². The predicted molar refractivity (Wildman–Crippen MR) is 46.3 cm³/mol. The van der Waals surface area contributed by atoms with E-state index in [9.17, 15) is 9.59 Å². The van der Waals surface area contributed by atoms with Gasteiger partial charge in [0.25, 0.3) is 0 Å². The molecule has 0 saturated carbocycles. The first-order valence-electron chi connectivity index (χ1n) is 3.78. The molecule has 1 aromatic rings. The number of rotatable bonds is 2. The summed E-state index contributed by atoms with van der Waals surface area (Å²) in [4.78, 5) is 24.3. The molecule has 0 aliphatic rings. The standard InChI is InChI=1S/C8H7NO6/c1-4-6(15-8(12)13)5(2-3-9-4)14-7(10)11/h2-3H,1H3,(H,10,11)(H,12,13). The van der Waals surface area contributed by atoms with E-state index in [0.29, 0.717) is 0 Å². The second-order valence-corrected chi connectivity index (χ2v) is 2.46. The Kier molecular flexibility index (Phi) is 3.06. The lowest BCUT2D eigenvalue weighted by molar-refractivity contribution is 0.132. The Balaban J connectivity index is 3.08. The largest absolute Gasteiger partial charge is 0.511 e. The van der Waals surface area contributed by atoms with E-state index in [0.717, 1.165) is 0 Å². The van der Waals surface area contributed by atoms with Crippen molar-refractivity contribution in [3.63, 3.8) is 0 Å². The van der Waals surface area contributed by atoms with Crippen molar-refractivity contribution in [1.29, 1.82) is 0 Å². The number of nitrogens with zero attached hydrogens (tertiary/aromatic N) is 1. The van der Waals surface area contributed by atoms with Crippen LogP contribution in [0, 0.1) is 6.92 Å². The van der Waals surface area contributed by atoms with E-state index >= 15 is 0 Å². The summed E-state index contributed by atoms with van der Waals surface area (Å²) in [6.07, 6.45) is -1.85. The van der Waals surface area contributed by atoms with Crippen LogP contribution in [0.25, 0.3) is 0 Å². The Morgan fingerprint density at radius 2 is 1.87 bits per heavy atom. The van der Waals surface area contributed by atoms with Gasteiger partial charge in [0.2, 0.25) is 0 Å². The Bertz CT molecular complexity index is 402. The van der Waals surface area contributed by atoms with Crippen molar-refractivity contribution in [2.75, 3.05) is 0 Å². The van der Waals surface area contributed by atoms with Gasteiger partial charge in [0, 0.05) is 12.3 Å². The minimum Gasteiger partial charge on any atom is -0.449 e. The lowest BCUT2D eigenvalue weighted by Gasteiger charge is -2.07. The topological polar surface area (TPSA) is 106 Å². The number of aryl methyl sites for hydroxylation is 1. The second-order valence-electron chi connectivity index (χ2n) is 2.46. The Morgan fingerprint density at radius 3 is 2.40 bits per heavy atom. The third-order valence-electron chi connectivity index (χ3n) is 1.43. The summed E-state index contributed by atoms with van der Waals surface area (Å²) in [7, 11) is 0. The molecular formula is C8H7NO6. The molecule has 0 fully saturated rings. The number of carboxylic acid groups (broad SMARTS) is 2. The van der Waals surface area contributed by atoms with Crippen molar-refractivity contribution in [1.82, 2.24) is 4.98 Å². The van der Waals surface area contributed by atoms with Gasteiger partial charge in [-0.1, -0.05) is 0 Å². The van der Waals surface area contributed by atoms with Crippen LogP contribution in [-0.4, -0.2) is 27.5 Å². The molecule has 0 atom stereocenters. The van der Waals surface area contributed by atoms with Crippen molar-refractivity contribution in [3.05, 3.63) is 18.0 Å². The van der Waals surface area contributed by atoms with E-state index in [2.05, 4.69) is 14.5 Å². The van der Waals surface area contributed by atoms with Crippen molar-refractivity contribution in [2.24, 2.45) is 0 Å². The first-order chi connectivity index (χ1) is 7.00. The van der Waals surface area contributed by atoms with Crippen molar-refractivity contribution < 1.29 is 29.3 Å². The first kappa shape index (κ1) is 10.8. The summed E-state index contributed by atoms with van der Waals surface area (Å²) in [5, 5.41) is 16.8. The van der Waals surface area contributed by atoms with Gasteiger partial charge in [-0.05, 0) is 6.92 Å². The predicted octanol–water partition coefficient (Wildman–Crippen LogP) is 1.50. The molecule has 0 radical (unpaired) electrons. The fraction of sp³-hybridized carbons (Fsp3) is 0.125. The van der Waals surface area contributed by atoms with Crippen LogP contribution in [-0.2, 0) is 0 Å². The fourth-order valence-corrected chi connectivity index (χ4v) is 0.915. The molecule has 7 heteroatoms. The van der Waals surface area contributed by atoms with E-state index in [1.807, 2.05) is 0 Å². The highest BCUT2D eigenvalue weighted by Crippen LogP contribution is 2.29. The highest BCUT2D eigenvalue weighted by Gasteiger charge is 2.15. The van der Waals surface area contributed by atoms with Gasteiger partial charge in [-0.2, -0.15) is 0 Å². The number of aromatic nitrogens is 1. The average molecular weight is 213 g/mol. The van der Waals surface area contributed by atoms with Gasteiger partial charge in [-0.25, -0.2) is 9.59 Å². The fourth-order valence-electron chi connectivity index (χ4n) is 0.915. The van der Waals surface area contributed by atoms with Crippen LogP contribution in [0.4, 0.5) is 9.59 Å². The summed E-state index contributed by atoms with van der Waals surface area (Å²) in [6.45, 7) is 1.47. The summed E-state index contributed by atoms with van der Waals surface area (Å²) in [5.74, 6) is -0.440. The van der Waals surface area contributed by atoms with E-state index in [-0.39, 0.29) is 17.2 Å². The highest BCUT2D eigenvalue weighted by molar-refractivity contribution is 5.67. The van der Waals surface area contributed by atoms with E-state index in [1.165, 1.54) is 19.2 Å². The van der Waals surface area contributed by atoms with Crippen LogP contribution >= 0.6 is 0 Å². The second kappa shape index (κ2) is 4.27. The minimum absolute atomic E-state index is 0.211. The lowest BCUT2D eigenvalue weighted by Crippen LogP contribution is -2.10. The molecule has 0 unspecified atom stereocenters. The molecule has 0 aliphatic heterocycles. The maximum absolute atomic E-state index is 10.3. The van der Waals surface area contributed by atoms with E-state index < -0.39 is 12.3 Å². The maximum atomic E-state index is 10.3. The number of carbonyl (C=O) groups is 2. The van der Waals surface area contributed by atoms with Crippen LogP contribution in [0.2, 0.25) is 0 Å². The molecule has 0 bridgehead atoms. The van der Waals surface area contributed by atoms with Gasteiger partial charge in [0.05, 0.1) is 5.69 Å². The zero-order chi connectivity index (χ0) is 11.4. The molecule has 0 aliphatic carbocycles. The molecule has 1 rings (SSSR count). The molecular weight excluding hydrogens is 206 g/mol. The molecule has 0 saturated heterocycles. The first-order valence-corrected chi connectivity index (χ1v) is 3.78. The highest BCUT2D eigenvalue weighted by atomic mass is 16.7. The molecule has 15 heavy (non-hydrogen) atoms. The Labute approximate surface area is 83.9 Å². The molecule has 2 N–H and O–H groups in total. The zero-order valence-corrected chi connectivity index (χ0v) is 7.63. The van der Waals surface area contributed by atoms with Gasteiger partial charge in [-0.3, -0.25) is 4.98 Å². The molecule has 80 valence electrons. The summed E-state index contributed by atoms with van der Waals surface area (Å²) >= 11 is 0. The molecule has 7 nitrogen and oxygen atoms in total. The van der Waals surface area contributed by atoms with Gasteiger partial charge in [-0.15, -0.1) is 0 Å². The smallest absolute Gasteiger partial charge is 0.449 e. The Hall–Kier alpha value is -2.31.